The zero-order chi connectivity index (χ0) is 22.0. The molecule has 3 aliphatic heterocycles. The molecule has 6 nitrogen and oxygen atoms in total. The first-order valence-corrected chi connectivity index (χ1v) is 12.7. The summed E-state index contributed by atoms with van der Waals surface area (Å²) in [5, 5.41) is 0. The monoisotopic (exact) mass is 441 g/mol. The van der Waals surface area contributed by atoms with Crippen molar-refractivity contribution >= 4 is 11.6 Å². The van der Waals surface area contributed by atoms with Crippen molar-refractivity contribution in [1.29, 1.82) is 0 Å². The molecule has 0 aromatic heterocycles. The van der Waals surface area contributed by atoms with Gasteiger partial charge >= 0.3 is 0 Å². The fraction of sp³-hybridized carbons (Fsp3) is 0.731. The number of piperidine rings is 2. The van der Waals surface area contributed by atoms with Gasteiger partial charge in [0, 0.05) is 37.9 Å². The molecule has 32 heavy (non-hydrogen) atoms. The van der Waals surface area contributed by atoms with Gasteiger partial charge in [-0.3, -0.25) is 4.79 Å². The van der Waals surface area contributed by atoms with E-state index in [9.17, 15) is 4.79 Å². The first-order valence-electron chi connectivity index (χ1n) is 12.7. The summed E-state index contributed by atoms with van der Waals surface area (Å²) < 4.78 is 12.1. The predicted octanol–water partition coefficient (Wildman–Crippen LogP) is 3.55. The summed E-state index contributed by atoms with van der Waals surface area (Å²) in [4.78, 5) is 19.3. The highest BCUT2D eigenvalue weighted by molar-refractivity contribution is 5.79. The molecule has 0 bridgehead atoms. The van der Waals surface area contributed by atoms with E-state index in [1.807, 2.05) is 0 Å². The third kappa shape index (κ3) is 5.23. The van der Waals surface area contributed by atoms with Crippen LogP contribution in [0.2, 0.25) is 0 Å². The number of benzene rings is 1. The molecule has 1 amide bonds. The molecule has 4 fully saturated rings. The molecule has 3 saturated heterocycles. The molecule has 1 aliphatic carbocycles. The summed E-state index contributed by atoms with van der Waals surface area (Å²) in [6, 6.07) is 9.06. The van der Waals surface area contributed by atoms with Crippen LogP contribution in [0.3, 0.4) is 0 Å². The maximum atomic E-state index is 12.2. The van der Waals surface area contributed by atoms with E-state index in [1.165, 1.54) is 44.5 Å². The van der Waals surface area contributed by atoms with Gasteiger partial charge in [0.15, 0.2) is 0 Å². The number of nitrogens with zero attached hydrogens (tertiary/aromatic N) is 3. The molecule has 0 N–H and O–H groups in total. The van der Waals surface area contributed by atoms with Crippen LogP contribution in [-0.2, 0) is 9.53 Å². The van der Waals surface area contributed by atoms with Crippen LogP contribution in [0.5, 0.6) is 5.75 Å². The average molecular weight is 442 g/mol. The Labute approximate surface area is 192 Å². The zero-order valence-electron chi connectivity index (χ0n) is 19.6. The Hall–Kier alpha value is -1.79. The minimum Gasteiger partial charge on any atom is -0.494 e. The van der Waals surface area contributed by atoms with Gasteiger partial charge in [-0.15, -0.1) is 0 Å². The third-order valence-corrected chi connectivity index (χ3v) is 7.77. The summed E-state index contributed by atoms with van der Waals surface area (Å²) in [6.07, 6.45) is 8.10. The lowest BCUT2D eigenvalue weighted by Crippen LogP contribution is -2.59. The van der Waals surface area contributed by atoms with Gasteiger partial charge in [0.1, 0.15) is 12.4 Å². The second kappa shape index (κ2) is 9.60. The number of hydrogen-bond donors (Lipinski definition) is 0. The highest BCUT2D eigenvalue weighted by Crippen LogP contribution is 2.37. The fourth-order valence-electron chi connectivity index (χ4n) is 5.66. The average Bonchev–Trinajstić information content (AvgIpc) is 3.65. The van der Waals surface area contributed by atoms with Crippen molar-refractivity contribution in [3.63, 3.8) is 0 Å². The van der Waals surface area contributed by atoms with Crippen LogP contribution in [0.25, 0.3) is 0 Å². The first kappa shape index (κ1) is 22.0. The van der Waals surface area contributed by atoms with E-state index < -0.39 is 0 Å². The second-order valence-electron chi connectivity index (χ2n) is 10.5. The molecule has 0 radical (unpaired) electrons. The molecule has 1 saturated carbocycles. The lowest BCUT2D eigenvalue weighted by Gasteiger charge is -2.47. The van der Waals surface area contributed by atoms with Crippen LogP contribution in [0.4, 0.5) is 5.69 Å². The van der Waals surface area contributed by atoms with Gasteiger partial charge in [0.05, 0.1) is 18.8 Å². The van der Waals surface area contributed by atoms with Crippen LogP contribution in [0.15, 0.2) is 24.3 Å². The molecule has 4 aliphatic rings. The van der Waals surface area contributed by atoms with Crippen molar-refractivity contribution in [3.05, 3.63) is 24.3 Å². The third-order valence-electron chi connectivity index (χ3n) is 7.77. The van der Waals surface area contributed by atoms with Gasteiger partial charge < -0.3 is 24.2 Å². The lowest BCUT2D eigenvalue weighted by molar-refractivity contribution is -0.168. The molecule has 6 heteroatoms. The number of carbonyl (C=O) groups excluding carboxylic acids is 1. The standard InChI is InChI=1S/C26H39N3O3/c1-21-4-2-13-27(18-21)14-3-17-31-24-9-7-22(8-10-24)28-15-11-26(12-16-28)20-29(23-5-6-23)25(30)19-32-26/h7-10,21,23H,2-6,11-20H2,1H3/t21-/m0/s1. The van der Waals surface area contributed by atoms with E-state index in [-0.39, 0.29) is 18.1 Å². The molecular weight excluding hydrogens is 402 g/mol. The maximum absolute atomic E-state index is 12.2. The Morgan fingerprint density at radius 1 is 1.09 bits per heavy atom. The molecule has 0 unspecified atom stereocenters. The summed E-state index contributed by atoms with van der Waals surface area (Å²) in [5.74, 6) is 1.98. The van der Waals surface area contributed by atoms with Crippen molar-refractivity contribution in [2.75, 3.05) is 57.4 Å². The normalized spacial score (nSPS) is 26.5. The van der Waals surface area contributed by atoms with Crippen LogP contribution < -0.4 is 9.64 Å². The first-order chi connectivity index (χ1) is 15.6. The number of carbonyl (C=O) groups is 1. The van der Waals surface area contributed by atoms with Crippen molar-refractivity contribution in [2.45, 2.75) is 63.5 Å². The molecule has 1 spiro atoms. The van der Waals surface area contributed by atoms with Crippen LogP contribution in [0, 0.1) is 5.92 Å². The zero-order valence-corrected chi connectivity index (χ0v) is 19.6. The highest BCUT2D eigenvalue weighted by atomic mass is 16.5. The second-order valence-corrected chi connectivity index (χ2v) is 10.5. The number of amides is 1. The van der Waals surface area contributed by atoms with E-state index in [1.54, 1.807) is 0 Å². The van der Waals surface area contributed by atoms with Crippen molar-refractivity contribution in [2.24, 2.45) is 5.92 Å². The Kier molecular flexibility index (Phi) is 6.61. The van der Waals surface area contributed by atoms with E-state index >= 15 is 0 Å². The topological polar surface area (TPSA) is 45.2 Å². The number of likely N-dealkylation sites (tertiary alicyclic amines) is 1. The van der Waals surface area contributed by atoms with Gasteiger partial charge in [-0.05, 0) is 81.7 Å². The lowest BCUT2D eigenvalue weighted by atomic mass is 9.89. The molecule has 3 heterocycles. The highest BCUT2D eigenvalue weighted by Gasteiger charge is 2.46. The molecule has 1 aromatic carbocycles. The molecule has 176 valence electrons. The number of morpholine rings is 1. The Bertz CT molecular complexity index is 771. The van der Waals surface area contributed by atoms with E-state index in [0.29, 0.717) is 6.04 Å². The number of rotatable bonds is 7. The quantitative estimate of drug-likeness (QED) is 0.606. The van der Waals surface area contributed by atoms with E-state index in [0.717, 1.165) is 63.7 Å². The number of ether oxygens (including phenoxy) is 2. The largest absolute Gasteiger partial charge is 0.494 e. The predicted molar refractivity (Wildman–Crippen MR) is 126 cm³/mol. The van der Waals surface area contributed by atoms with E-state index in [2.05, 4.69) is 45.9 Å². The number of anilines is 1. The summed E-state index contributed by atoms with van der Waals surface area (Å²) in [7, 11) is 0. The smallest absolute Gasteiger partial charge is 0.248 e. The minimum atomic E-state index is -0.137. The summed E-state index contributed by atoms with van der Waals surface area (Å²) in [6.45, 7) is 9.77. The SMILES string of the molecule is C[C@H]1CCCN(CCCOc2ccc(N3CCC4(CC3)CN(C3CC3)C(=O)CO4)cc2)C1. The van der Waals surface area contributed by atoms with E-state index in [4.69, 9.17) is 9.47 Å². The summed E-state index contributed by atoms with van der Waals surface area (Å²) >= 11 is 0. The van der Waals surface area contributed by atoms with Crippen molar-refractivity contribution in [3.8, 4) is 5.75 Å². The van der Waals surface area contributed by atoms with Crippen LogP contribution in [-0.4, -0.2) is 79.8 Å². The van der Waals surface area contributed by atoms with Gasteiger partial charge in [-0.2, -0.15) is 0 Å². The van der Waals surface area contributed by atoms with Gasteiger partial charge in [0.25, 0.3) is 0 Å². The molecular formula is C26H39N3O3. The Morgan fingerprint density at radius 2 is 1.88 bits per heavy atom. The minimum absolute atomic E-state index is 0.137. The fourth-order valence-corrected chi connectivity index (χ4v) is 5.66. The molecule has 1 aromatic rings. The molecule has 1 atom stereocenters. The van der Waals surface area contributed by atoms with Gasteiger partial charge in [0.2, 0.25) is 5.91 Å². The van der Waals surface area contributed by atoms with Gasteiger partial charge in [-0.25, -0.2) is 0 Å². The van der Waals surface area contributed by atoms with Crippen molar-refractivity contribution in [1.82, 2.24) is 9.80 Å². The maximum Gasteiger partial charge on any atom is 0.248 e. The molecule has 5 rings (SSSR count). The summed E-state index contributed by atoms with van der Waals surface area (Å²) in [5.41, 5.74) is 1.11. The van der Waals surface area contributed by atoms with Crippen LogP contribution >= 0.6 is 0 Å². The Balaban J connectivity index is 1.06. The Morgan fingerprint density at radius 3 is 2.59 bits per heavy atom. The van der Waals surface area contributed by atoms with Crippen LogP contribution in [0.1, 0.15) is 51.9 Å². The number of hydrogen-bond acceptors (Lipinski definition) is 5. The van der Waals surface area contributed by atoms with Crippen molar-refractivity contribution < 1.29 is 14.3 Å². The van der Waals surface area contributed by atoms with Gasteiger partial charge in [-0.1, -0.05) is 6.92 Å².